The Morgan fingerprint density at radius 2 is 1.52 bits per heavy atom. The first-order valence-corrected chi connectivity index (χ1v) is 24.1. The van der Waals surface area contributed by atoms with Gasteiger partial charge in [-0.05, 0) is 68.1 Å². The minimum Gasteiger partial charge on any atom is -0.480 e. The Hall–Kier alpha value is -6.58. The monoisotopic (exact) mass is 995 g/mol. The number of aliphatic carboxylic acids is 2. The Balaban J connectivity index is 1.80. The van der Waals surface area contributed by atoms with Crippen molar-refractivity contribution in [3.63, 3.8) is 0 Å². The molecule has 22 nitrogen and oxygen atoms in total. The minimum absolute atomic E-state index is 0.0116. The Kier molecular flexibility index (Phi) is 19.3. The lowest BCUT2D eigenvalue weighted by Crippen LogP contribution is -2.61. The van der Waals surface area contributed by atoms with Crippen molar-refractivity contribution in [2.75, 3.05) is 20.7 Å². The SMILES string of the molecule is C=C1C(=O)N[C@H](C)C(=O)N[C@@H](CC(C)C)C(=O)NC(C(=O)O)[C@H](C)C(=O)NC(CCCN=C(N)N)C(=O)NC(/C=C/[C@]2(C)[C@H]3C=CC=C[C@]34C[C@H](OC)[C@@H](C)[C@H]24)[C@H](C)C(=O)N[C@@H](C(=O)O)CCC(=O)N1C. The Labute approximate surface area is 414 Å². The molecule has 22 heteroatoms. The van der Waals surface area contributed by atoms with Gasteiger partial charge < -0.3 is 63.2 Å². The summed E-state index contributed by atoms with van der Waals surface area (Å²) in [5, 5.41) is 35.9. The summed E-state index contributed by atoms with van der Waals surface area (Å²) < 4.78 is 5.92. The summed E-state index contributed by atoms with van der Waals surface area (Å²) in [5.74, 6) is -12.1. The molecule has 4 aliphatic rings. The van der Waals surface area contributed by atoms with Gasteiger partial charge in [-0.25, -0.2) is 9.59 Å². The number of carbonyl (C=O) groups is 9. The van der Waals surface area contributed by atoms with Crippen LogP contribution < -0.4 is 43.4 Å². The fourth-order valence-corrected chi connectivity index (χ4v) is 10.7. The lowest BCUT2D eigenvalue weighted by Gasteiger charge is -2.65. The van der Waals surface area contributed by atoms with E-state index in [0.717, 1.165) is 11.3 Å². The third-order valence-electron chi connectivity index (χ3n) is 14.7. The van der Waals surface area contributed by atoms with Gasteiger partial charge in [-0.3, -0.25) is 38.6 Å². The van der Waals surface area contributed by atoms with E-state index in [9.17, 15) is 53.4 Å². The standard InChI is InChI=1S/C49H74N10O12/c1-24(2)22-33-44(66)58-37(46(69)70)27(5)40(62)55-31(14-13-21-52-47(50)51)43(65)54-30(18-20-48(8)35-15-11-12-19-49(35)23-34(71-10)26(4)38(48)49)25(3)39(61)56-32(45(67)68)16-17-36(60)59(9)29(7)42(64)53-28(6)41(63)57-33/h11-12,15,18-20,24-28,30-35,37-38H,7,13-14,16-17,21-23H2,1-6,8-10H3,(H,53,64)(H,54,65)(H,55,62)(H,56,61)(H,57,63)(H,58,66)(H,67,68)(H,69,70)(H4,50,51,52)/b20-18+/t25-,26+,27-,28+,30?,31?,32+,33-,34-,35+,37?,38+,48+,49-/m0/s1. The summed E-state index contributed by atoms with van der Waals surface area (Å²) in [7, 11) is 2.91. The molecular formula is C49H74N10O12. The number of nitrogens with two attached hydrogens (primary N) is 2. The first-order valence-electron chi connectivity index (χ1n) is 24.1. The van der Waals surface area contributed by atoms with Crippen LogP contribution in [0.2, 0.25) is 0 Å². The molecule has 392 valence electrons. The highest BCUT2D eigenvalue weighted by molar-refractivity contribution is 6.00. The number of likely N-dealkylation sites (N-methyl/N-ethyl adjacent to an activating group) is 1. The second-order valence-corrected chi connectivity index (χ2v) is 20.0. The largest absolute Gasteiger partial charge is 0.480 e. The molecule has 1 spiro atoms. The van der Waals surface area contributed by atoms with Crippen molar-refractivity contribution in [3.05, 3.63) is 48.7 Å². The summed E-state index contributed by atoms with van der Waals surface area (Å²) in [5.41, 5.74) is 9.96. The molecule has 7 amide bonds. The van der Waals surface area contributed by atoms with Gasteiger partial charge in [-0.1, -0.05) is 84.6 Å². The molecule has 2 saturated carbocycles. The highest BCUT2D eigenvalue weighted by Gasteiger charge is 2.71. The maximum atomic E-state index is 14.6. The minimum atomic E-state index is -1.88. The van der Waals surface area contributed by atoms with E-state index in [1.165, 1.54) is 27.8 Å². The average Bonchev–Trinajstić information content (AvgIpc) is 3.55. The molecule has 0 aromatic carbocycles. The molecule has 3 aliphatic carbocycles. The van der Waals surface area contributed by atoms with Crippen molar-refractivity contribution in [2.45, 2.75) is 129 Å². The molecular weight excluding hydrogens is 921 g/mol. The van der Waals surface area contributed by atoms with Crippen molar-refractivity contribution in [1.29, 1.82) is 0 Å². The van der Waals surface area contributed by atoms with Gasteiger partial charge >= 0.3 is 11.9 Å². The zero-order chi connectivity index (χ0) is 53.3. The molecule has 0 aromatic heterocycles. The van der Waals surface area contributed by atoms with Crippen LogP contribution in [0.15, 0.2) is 53.7 Å². The van der Waals surface area contributed by atoms with E-state index in [-0.39, 0.29) is 67.0 Å². The first kappa shape index (κ1) is 57.0. The van der Waals surface area contributed by atoms with Crippen LogP contribution in [0.4, 0.5) is 0 Å². The number of methoxy groups -OCH3 is 1. The molecule has 4 rings (SSSR count). The lowest BCUT2D eigenvalue weighted by atomic mass is 9.38. The van der Waals surface area contributed by atoms with E-state index < -0.39 is 125 Å². The predicted octanol–water partition coefficient (Wildman–Crippen LogP) is 0.198. The van der Waals surface area contributed by atoms with Gasteiger partial charge in [-0.2, -0.15) is 0 Å². The number of aliphatic imine (C=N–C) groups is 1. The molecule has 0 radical (unpaired) electrons. The molecule has 12 N–H and O–H groups in total. The molecule has 14 atom stereocenters. The van der Waals surface area contributed by atoms with Gasteiger partial charge in [-0.15, -0.1) is 0 Å². The van der Waals surface area contributed by atoms with Crippen LogP contribution in [0.5, 0.6) is 0 Å². The van der Waals surface area contributed by atoms with E-state index in [1.54, 1.807) is 27.0 Å². The van der Waals surface area contributed by atoms with Crippen molar-refractivity contribution >= 4 is 59.2 Å². The summed E-state index contributed by atoms with van der Waals surface area (Å²) >= 11 is 0. The number of ether oxygens (including phenoxy) is 1. The fourth-order valence-electron chi connectivity index (χ4n) is 10.7. The number of hydrogen-bond acceptors (Lipinski definition) is 11. The Morgan fingerprint density at radius 1 is 0.887 bits per heavy atom. The van der Waals surface area contributed by atoms with E-state index in [4.69, 9.17) is 16.2 Å². The topological polar surface area (TPSA) is 343 Å². The summed E-state index contributed by atoms with van der Waals surface area (Å²) in [6.07, 6.45) is 11.9. The summed E-state index contributed by atoms with van der Waals surface area (Å²) in [4.78, 5) is 127. The molecule has 1 aliphatic heterocycles. The molecule has 1 saturated heterocycles. The highest BCUT2D eigenvalue weighted by Crippen LogP contribution is 2.75. The van der Waals surface area contributed by atoms with E-state index >= 15 is 0 Å². The van der Waals surface area contributed by atoms with Crippen LogP contribution in [0.3, 0.4) is 0 Å². The molecule has 1 heterocycles. The fraction of sp³-hybridized carbons (Fsp3) is 0.633. The Bertz CT molecular complexity index is 2210. The zero-order valence-electron chi connectivity index (χ0n) is 42.2. The number of rotatable bonds is 11. The van der Waals surface area contributed by atoms with Gasteiger partial charge in [0.2, 0.25) is 35.4 Å². The number of nitrogens with one attached hydrogen (secondary N) is 6. The van der Waals surface area contributed by atoms with Gasteiger partial charge in [0.15, 0.2) is 5.96 Å². The van der Waals surface area contributed by atoms with E-state index in [1.807, 2.05) is 18.2 Å². The molecule has 3 fully saturated rings. The third-order valence-corrected chi connectivity index (χ3v) is 14.7. The lowest BCUT2D eigenvalue weighted by molar-refractivity contribution is -0.146. The van der Waals surface area contributed by atoms with Gasteiger partial charge in [0.25, 0.3) is 5.91 Å². The summed E-state index contributed by atoms with van der Waals surface area (Å²) in [6, 6.07) is -8.69. The van der Waals surface area contributed by atoms with Gasteiger partial charge in [0.05, 0.1) is 24.0 Å². The maximum absolute atomic E-state index is 14.6. The van der Waals surface area contributed by atoms with Crippen molar-refractivity contribution in [1.82, 2.24) is 36.8 Å². The predicted molar refractivity (Wildman–Crippen MR) is 261 cm³/mol. The molecule has 0 bridgehead atoms. The zero-order valence-corrected chi connectivity index (χ0v) is 42.2. The number of nitrogens with zero attached hydrogens (tertiary/aromatic N) is 2. The number of allylic oxidation sites excluding steroid dienone is 5. The Morgan fingerprint density at radius 3 is 2.13 bits per heavy atom. The van der Waals surface area contributed by atoms with Crippen LogP contribution in [-0.4, -0.2) is 137 Å². The van der Waals surface area contributed by atoms with E-state index in [0.29, 0.717) is 0 Å². The smallest absolute Gasteiger partial charge is 0.327 e. The van der Waals surface area contributed by atoms with Crippen LogP contribution in [-0.2, 0) is 47.9 Å². The van der Waals surface area contributed by atoms with Crippen molar-refractivity contribution < 1.29 is 58.1 Å². The maximum Gasteiger partial charge on any atom is 0.327 e. The second-order valence-electron chi connectivity index (χ2n) is 20.0. The molecule has 71 heavy (non-hydrogen) atoms. The van der Waals surface area contributed by atoms with Crippen molar-refractivity contribution in [2.24, 2.45) is 62.8 Å². The average molecular weight is 995 g/mol. The quantitative estimate of drug-likeness (QED) is 0.0435. The number of amides is 7. The number of guanidine groups is 1. The number of carbonyl (C=O) groups excluding carboxylic acids is 7. The van der Waals surface area contributed by atoms with Crippen LogP contribution in [0.25, 0.3) is 0 Å². The van der Waals surface area contributed by atoms with Crippen LogP contribution in [0.1, 0.15) is 87.0 Å². The highest BCUT2D eigenvalue weighted by atomic mass is 16.5. The van der Waals surface area contributed by atoms with Crippen LogP contribution >= 0.6 is 0 Å². The van der Waals surface area contributed by atoms with E-state index in [2.05, 4.69) is 69.5 Å². The number of carboxylic acids is 2. The van der Waals surface area contributed by atoms with Crippen LogP contribution in [0, 0.1) is 46.3 Å². The number of hydrogen-bond donors (Lipinski definition) is 10. The van der Waals surface area contributed by atoms with Gasteiger partial charge in [0.1, 0.15) is 35.9 Å². The number of carboxylic acid groups (broad SMARTS) is 2. The molecule has 0 aromatic rings. The third kappa shape index (κ3) is 13.2. The van der Waals surface area contributed by atoms with Crippen molar-refractivity contribution in [3.8, 4) is 0 Å². The normalized spacial score (nSPS) is 34.8. The summed E-state index contributed by atoms with van der Waals surface area (Å²) in [6.45, 7) is 15.4. The van der Waals surface area contributed by atoms with Gasteiger partial charge in [0, 0.05) is 32.5 Å². The second kappa shape index (κ2) is 24.0. The molecule has 3 unspecified atom stereocenters. The first-order chi connectivity index (χ1) is 33.2.